The van der Waals surface area contributed by atoms with Crippen molar-refractivity contribution in [1.29, 1.82) is 0 Å². The average Bonchev–Trinajstić information content (AvgIpc) is 3.10. The Morgan fingerprint density at radius 1 is 1.24 bits per heavy atom. The van der Waals surface area contributed by atoms with Crippen molar-refractivity contribution in [2.75, 3.05) is 11.1 Å². The Morgan fingerprint density at radius 2 is 1.97 bits per heavy atom. The molecule has 0 saturated heterocycles. The maximum Gasteiger partial charge on any atom is 0.234 e. The molecule has 1 N–H and O–H groups in total. The van der Waals surface area contributed by atoms with E-state index in [9.17, 15) is 9.18 Å². The summed E-state index contributed by atoms with van der Waals surface area (Å²) in [4.78, 5) is 12.4. The Bertz CT molecular complexity index is 1050. The van der Waals surface area contributed by atoms with Gasteiger partial charge in [0.2, 0.25) is 5.91 Å². The van der Waals surface area contributed by atoms with Crippen LogP contribution < -0.4 is 5.32 Å². The van der Waals surface area contributed by atoms with Gasteiger partial charge in [-0.2, -0.15) is 0 Å². The summed E-state index contributed by atoms with van der Waals surface area (Å²) in [6.45, 7) is 6.02. The van der Waals surface area contributed by atoms with Crippen molar-refractivity contribution in [2.45, 2.75) is 18.6 Å². The van der Waals surface area contributed by atoms with Gasteiger partial charge in [-0.3, -0.25) is 9.36 Å². The molecular formula is C20H17Cl2FN4OS. The highest BCUT2D eigenvalue weighted by Gasteiger charge is 2.17. The summed E-state index contributed by atoms with van der Waals surface area (Å²) in [6, 6.07) is 9.43. The molecule has 0 aliphatic rings. The SMILES string of the molecule is C=CCn1c(SCC(=O)Nc2c(Cl)ccc(C)c2Cl)nnc1-c1ccc(F)cc1. The number of anilines is 1. The first-order valence-electron chi connectivity index (χ1n) is 8.58. The fourth-order valence-corrected chi connectivity index (χ4v) is 3.79. The molecule has 0 spiro atoms. The van der Waals surface area contributed by atoms with Crippen LogP contribution in [0.3, 0.4) is 0 Å². The quantitative estimate of drug-likeness (QED) is 0.375. The fraction of sp³-hybridized carbons (Fsp3) is 0.150. The highest BCUT2D eigenvalue weighted by Crippen LogP contribution is 2.33. The van der Waals surface area contributed by atoms with E-state index in [0.29, 0.717) is 33.3 Å². The predicted molar refractivity (Wildman–Crippen MR) is 116 cm³/mol. The number of amides is 1. The van der Waals surface area contributed by atoms with Crippen LogP contribution in [0, 0.1) is 12.7 Å². The van der Waals surface area contributed by atoms with E-state index in [4.69, 9.17) is 23.2 Å². The summed E-state index contributed by atoms with van der Waals surface area (Å²) in [5.41, 5.74) is 1.92. The maximum absolute atomic E-state index is 13.2. The van der Waals surface area contributed by atoms with E-state index in [1.54, 1.807) is 30.3 Å². The lowest BCUT2D eigenvalue weighted by atomic mass is 10.2. The summed E-state index contributed by atoms with van der Waals surface area (Å²) < 4.78 is 15.0. The molecule has 0 atom stereocenters. The molecule has 0 bridgehead atoms. The first kappa shape index (κ1) is 21.4. The van der Waals surface area contributed by atoms with E-state index < -0.39 is 0 Å². The van der Waals surface area contributed by atoms with Gasteiger partial charge >= 0.3 is 0 Å². The first-order valence-corrected chi connectivity index (χ1v) is 10.3. The van der Waals surface area contributed by atoms with Crippen LogP contribution in [-0.4, -0.2) is 26.4 Å². The monoisotopic (exact) mass is 450 g/mol. The first-order chi connectivity index (χ1) is 13.9. The van der Waals surface area contributed by atoms with Crippen LogP contribution in [0.4, 0.5) is 10.1 Å². The number of thioether (sulfide) groups is 1. The third-order valence-corrected chi connectivity index (χ3v) is 5.78. The number of aromatic nitrogens is 3. The van der Waals surface area contributed by atoms with Crippen LogP contribution in [0.5, 0.6) is 0 Å². The van der Waals surface area contributed by atoms with E-state index in [-0.39, 0.29) is 17.5 Å². The van der Waals surface area contributed by atoms with Gasteiger partial charge in [0.1, 0.15) is 5.82 Å². The highest BCUT2D eigenvalue weighted by molar-refractivity contribution is 7.99. The Balaban J connectivity index is 1.75. The fourth-order valence-electron chi connectivity index (χ4n) is 2.58. The number of nitrogens with zero attached hydrogens (tertiary/aromatic N) is 3. The molecule has 0 aliphatic carbocycles. The second-order valence-electron chi connectivity index (χ2n) is 6.10. The van der Waals surface area contributed by atoms with E-state index >= 15 is 0 Å². The Labute approximate surface area is 181 Å². The van der Waals surface area contributed by atoms with Crippen molar-refractivity contribution in [3.05, 3.63) is 70.5 Å². The zero-order valence-corrected chi connectivity index (χ0v) is 17.8. The Hall–Kier alpha value is -2.35. The number of halogens is 3. The lowest BCUT2D eigenvalue weighted by molar-refractivity contribution is -0.113. The molecule has 150 valence electrons. The molecule has 1 heterocycles. The highest BCUT2D eigenvalue weighted by atomic mass is 35.5. The van der Waals surface area contributed by atoms with Crippen molar-refractivity contribution in [3.63, 3.8) is 0 Å². The number of aryl methyl sites for hydroxylation is 1. The zero-order valence-electron chi connectivity index (χ0n) is 15.5. The van der Waals surface area contributed by atoms with Crippen molar-refractivity contribution in [3.8, 4) is 11.4 Å². The molecule has 3 rings (SSSR count). The zero-order chi connectivity index (χ0) is 21.0. The lowest BCUT2D eigenvalue weighted by Gasteiger charge is -2.11. The number of carbonyl (C=O) groups excluding carboxylic acids is 1. The van der Waals surface area contributed by atoms with Crippen LogP contribution in [0.15, 0.2) is 54.2 Å². The van der Waals surface area contributed by atoms with E-state index in [1.165, 1.54) is 23.9 Å². The van der Waals surface area contributed by atoms with Crippen molar-refractivity contribution in [1.82, 2.24) is 14.8 Å². The van der Waals surface area contributed by atoms with Crippen molar-refractivity contribution >= 4 is 46.6 Å². The molecule has 1 amide bonds. The molecule has 29 heavy (non-hydrogen) atoms. The number of hydrogen-bond acceptors (Lipinski definition) is 4. The van der Waals surface area contributed by atoms with Gasteiger partial charge in [0.05, 0.1) is 21.5 Å². The Kier molecular flexibility index (Phi) is 6.95. The summed E-state index contributed by atoms with van der Waals surface area (Å²) in [5, 5.41) is 12.4. The number of rotatable bonds is 7. The van der Waals surface area contributed by atoms with Crippen LogP contribution in [-0.2, 0) is 11.3 Å². The van der Waals surface area contributed by atoms with E-state index in [2.05, 4.69) is 22.1 Å². The summed E-state index contributed by atoms with van der Waals surface area (Å²) >= 11 is 13.6. The van der Waals surface area contributed by atoms with E-state index in [1.807, 2.05) is 11.5 Å². The summed E-state index contributed by atoms with van der Waals surface area (Å²) in [7, 11) is 0. The molecule has 0 fully saturated rings. The molecule has 0 unspecified atom stereocenters. The number of nitrogens with one attached hydrogen (secondary N) is 1. The molecule has 5 nitrogen and oxygen atoms in total. The van der Waals surface area contributed by atoms with Crippen LogP contribution in [0.1, 0.15) is 5.56 Å². The second-order valence-corrected chi connectivity index (χ2v) is 7.83. The number of hydrogen-bond donors (Lipinski definition) is 1. The maximum atomic E-state index is 13.2. The predicted octanol–water partition coefficient (Wildman–Crippen LogP) is 5.62. The smallest absolute Gasteiger partial charge is 0.234 e. The largest absolute Gasteiger partial charge is 0.323 e. The van der Waals surface area contributed by atoms with Crippen LogP contribution in [0.2, 0.25) is 10.0 Å². The molecular weight excluding hydrogens is 434 g/mol. The van der Waals surface area contributed by atoms with Gasteiger partial charge in [0.15, 0.2) is 11.0 Å². The van der Waals surface area contributed by atoms with Gasteiger partial charge in [-0.15, -0.1) is 16.8 Å². The minimum Gasteiger partial charge on any atom is -0.323 e. The van der Waals surface area contributed by atoms with Gasteiger partial charge in [0, 0.05) is 12.1 Å². The molecule has 0 saturated carbocycles. The third kappa shape index (κ3) is 4.98. The molecule has 3 aromatic rings. The standard InChI is InChI=1S/C20H17Cl2FN4OS/c1-3-10-27-19(13-5-7-14(23)8-6-13)25-26-20(27)29-11-16(28)24-18-15(21)9-4-12(2)17(18)22/h3-9H,1,10-11H2,2H3,(H,24,28). The third-order valence-electron chi connectivity index (χ3n) is 4.01. The number of carbonyl (C=O) groups is 1. The summed E-state index contributed by atoms with van der Waals surface area (Å²) in [6.07, 6.45) is 1.70. The molecule has 2 aromatic carbocycles. The van der Waals surface area contributed by atoms with Crippen LogP contribution in [0.25, 0.3) is 11.4 Å². The van der Waals surface area contributed by atoms with Crippen LogP contribution >= 0.6 is 35.0 Å². The molecule has 9 heteroatoms. The summed E-state index contributed by atoms with van der Waals surface area (Å²) in [5.74, 6) is 0.0426. The topological polar surface area (TPSA) is 59.8 Å². The normalized spacial score (nSPS) is 10.8. The molecule has 1 aromatic heterocycles. The van der Waals surface area contributed by atoms with Gasteiger partial charge in [-0.1, -0.05) is 47.1 Å². The van der Waals surface area contributed by atoms with Gasteiger partial charge in [-0.25, -0.2) is 4.39 Å². The Morgan fingerprint density at radius 3 is 2.66 bits per heavy atom. The number of allylic oxidation sites excluding steroid dienone is 1. The van der Waals surface area contributed by atoms with Gasteiger partial charge in [-0.05, 0) is 42.8 Å². The minimum atomic E-state index is -0.330. The lowest BCUT2D eigenvalue weighted by Crippen LogP contribution is -2.15. The van der Waals surface area contributed by atoms with E-state index in [0.717, 1.165) is 11.1 Å². The van der Waals surface area contributed by atoms with Gasteiger partial charge < -0.3 is 5.32 Å². The second kappa shape index (κ2) is 9.43. The molecule has 0 aliphatic heterocycles. The van der Waals surface area contributed by atoms with Crippen molar-refractivity contribution < 1.29 is 9.18 Å². The average molecular weight is 451 g/mol. The van der Waals surface area contributed by atoms with Crippen molar-refractivity contribution in [2.24, 2.45) is 0 Å². The molecule has 0 radical (unpaired) electrons. The van der Waals surface area contributed by atoms with Gasteiger partial charge in [0.25, 0.3) is 0 Å². The number of benzene rings is 2. The minimum absolute atomic E-state index is 0.0826.